The lowest BCUT2D eigenvalue weighted by molar-refractivity contribution is 0.0182. The maximum absolute atomic E-state index is 12.3. The van der Waals surface area contributed by atoms with Crippen LogP contribution < -0.4 is 10.1 Å². The van der Waals surface area contributed by atoms with E-state index in [0.29, 0.717) is 17.9 Å². The molecule has 1 amide bonds. The number of methoxy groups -OCH3 is 1. The number of amides is 1. The Bertz CT molecular complexity index is 705. The van der Waals surface area contributed by atoms with E-state index < -0.39 is 5.60 Å². The summed E-state index contributed by atoms with van der Waals surface area (Å²) in [5.41, 5.74) is 2.51. The predicted molar refractivity (Wildman–Crippen MR) is 121 cm³/mol. The SMILES string of the molecule is CCC(NCC1CCN(C(=O)OC(C)(C)C)CC1)C1CCc2ccc(OC)cc2C1. The number of ether oxygens (including phenoxy) is 2. The molecular formula is C25H40N2O3. The average Bonchev–Trinajstić information content (AvgIpc) is 2.72. The smallest absolute Gasteiger partial charge is 0.410 e. The standard InChI is InChI=1S/C25H40N2O3/c1-6-23(20-8-7-19-9-10-22(29-5)16-21(19)15-20)26-17-18-11-13-27(14-12-18)24(28)30-25(2,3)4/h9-10,16,18,20,23,26H,6-8,11-15,17H2,1-5H3. The Hall–Kier alpha value is -1.75. The molecule has 1 aliphatic heterocycles. The van der Waals surface area contributed by atoms with Crippen molar-refractivity contribution < 1.29 is 14.3 Å². The minimum Gasteiger partial charge on any atom is -0.497 e. The van der Waals surface area contributed by atoms with Crippen LogP contribution >= 0.6 is 0 Å². The summed E-state index contributed by atoms with van der Waals surface area (Å²) in [5.74, 6) is 2.28. The van der Waals surface area contributed by atoms with Gasteiger partial charge >= 0.3 is 6.09 Å². The molecule has 5 nitrogen and oxygen atoms in total. The highest BCUT2D eigenvalue weighted by Crippen LogP contribution is 2.31. The van der Waals surface area contributed by atoms with Crippen LogP contribution in [-0.2, 0) is 17.6 Å². The number of carbonyl (C=O) groups excluding carboxylic acids is 1. The van der Waals surface area contributed by atoms with Crippen LogP contribution in [-0.4, -0.2) is 49.4 Å². The largest absolute Gasteiger partial charge is 0.497 e. The Balaban J connectivity index is 1.46. The van der Waals surface area contributed by atoms with Crippen molar-refractivity contribution >= 4 is 6.09 Å². The molecule has 1 fully saturated rings. The molecule has 2 aliphatic rings. The predicted octanol–water partition coefficient (Wildman–Crippen LogP) is 4.82. The van der Waals surface area contributed by atoms with Crippen LogP contribution in [0.3, 0.4) is 0 Å². The molecule has 168 valence electrons. The summed E-state index contributed by atoms with van der Waals surface area (Å²) in [4.78, 5) is 14.1. The number of hydrogen-bond donors (Lipinski definition) is 1. The summed E-state index contributed by atoms with van der Waals surface area (Å²) in [6, 6.07) is 7.09. The van der Waals surface area contributed by atoms with Gasteiger partial charge in [0.05, 0.1) is 7.11 Å². The fourth-order valence-corrected chi connectivity index (χ4v) is 4.84. The third-order valence-corrected chi connectivity index (χ3v) is 6.62. The van der Waals surface area contributed by atoms with Crippen LogP contribution in [0.25, 0.3) is 0 Å². The van der Waals surface area contributed by atoms with Crippen LogP contribution in [0.4, 0.5) is 4.79 Å². The molecular weight excluding hydrogens is 376 g/mol. The number of benzene rings is 1. The fraction of sp³-hybridized carbons (Fsp3) is 0.720. The van der Waals surface area contributed by atoms with Crippen molar-refractivity contribution in [2.75, 3.05) is 26.7 Å². The second-order valence-corrected chi connectivity index (χ2v) is 9.97. The number of fused-ring (bicyclic) bond motifs is 1. The van der Waals surface area contributed by atoms with Gasteiger partial charge in [0, 0.05) is 19.1 Å². The van der Waals surface area contributed by atoms with Gasteiger partial charge < -0.3 is 19.7 Å². The number of piperidine rings is 1. The van der Waals surface area contributed by atoms with E-state index in [-0.39, 0.29) is 6.09 Å². The zero-order chi connectivity index (χ0) is 21.7. The van der Waals surface area contributed by atoms with Crippen LogP contribution in [0.1, 0.15) is 64.5 Å². The highest BCUT2D eigenvalue weighted by Gasteiger charge is 2.29. The number of nitrogens with zero attached hydrogens (tertiary/aromatic N) is 1. The van der Waals surface area contributed by atoms with Crippen molar-refractivity contribution in [3.63, 3.8) is 0 Å². The molecule has 1 aliphatic carbocycles. The van der Waals surface area contributed by atoms with Crippen molar-refractivity contribution in [1.29, 1.82) is 0 Å². The van der Waals surface area contributed by atoms with E-state index >= 15 is 0 Å². The summed E-state index contributed by atoms with van der Waals surface area (Å²) < 4.78 is 10.9. The van der Waals surface area contributed by atoms with Crippen LogP contribution in [0, 0.1) is 11.8 Å². The molecule has 1 N–H and O–H groups in total. The topological polar surface area (TPSA) is 50.8 Å². The molecule has 1 heterocycles. The van der Waals surface area contributed by atoms with Gasteiger partial charge in [0.1, 0.15) is 11.4 Å². The van der Waals surface area contributed by atoms with Gasteiger partial charge in [-0.05, 0) is 101 Å². The first kappa shape index (κ1) is 22.9. The first-order valence-corrected chi connectivity index (χ1v) is 11.7. The van der Waals surface area contributed by atoms with Crippen molar-refractivity contribution in [2.24, 2.45) is 11.8 Å². The minimum atomic E-state index is -0.424. The zero-order valence-electron chi connectivity index (χ0n) is 19.5. The normalized spacial score (nSPS) is 21.1. The number of aryl methyl sites for hydroxylation is 1. The van der Waals surface area contributed by atoms with Crippen molar-refractivity contribution in [3.05, 3.63) is 29.3 Å². The van der Waals surface area contributed by atoms with E-state index in [1.54, 1.807) is 7.11 Å². The van der Waals surface area contributed by atoms with Crippen molar-refractivity contribution in [3.8, 4) is 5.75 Å². The average molecular weight is 417 g/mol. The summed E-state index contributed by atoms with van der Waals surface area (Å²) in [5, 5.41) is 3.88. The minimum absolute atomic E-state index is 0.170. The first-order valence-electron chi connectivity index (χ1n) is 11.7. The first-order chi connectivity index (χ1) is 14.3. The van der Waals surface area contributed by atoms with E-state index in [0.717, 1.165) is 57.5 Å². The monoisotopic (exact) mass is 416 g/mol. The van der Waals surface area contributed by atoms with Gasteiger partial charge in [-0.25, -0.2) is 4.79 Å². The Labute approximate surface area is 182 Å². The van der Waals surface area contributed by atoms with Crippen LogP contribution in [0.15, 0.2) is 18.2 Å². The van der Waals surface area contributed by atoms with E-state index in [4.69, 9.17) is 9.47 Å². The van der Waals surface area contributed by atoms with Gasteiger partial charge in [-0.3, -0.25) is 0 Å². The van der Waals surface area contributed by atoms with Gasteiger partial charge in [0.15, 0.2) is 0 Å². The fourth-order valence-electron chi connectivity index (χ4n) is 4.84. The lowest BCUT2D eigenvalue weighted by atomic mass is 9.79. The van der Waals surface area contributed by atoms with Gasteiger partial charge in [0.2, 0.25) is 0 Å². The third kappa shape index (κ3) is 6.13. The van der Waals surface area contributed by atoms with Gasteiger partial charge in [0.25, 0.3) is 0 Å². The second kappa shape index (κ2) is 10.0. The third-order valence-electron chi connectivity index (χ3n) is 6.62. The van der Waals surface area contributed by atoms with Crippen LogP contribution in [0.2, 0.25) is 0 Å². The van der Waals surface area contributed by atoms with Crippen LogP contribution in [0.5, 0.6) is 5.75 Å². The molecule has 1 saturated heterocycles. The molecule has 0 bridgehead atoms. The van der Waals surface area contributed by atoms with Gasteiger partial charge in [-0.15, -0.1) is 0 Å². The Morgan fingerprint density at radius 3 is 2.57 bits per heavy atom. The molecule has 0 spiro atoms. The Morgan fingerprint density at radius 1 is 1.20 bits per heavy atom. The maximum atomic E-state index is 12.3. The van der Waals surface area contributed by atoms with Gasteiger partial charge in [-0.1, -0.05) is 13.0 Å². The number of nitrogens with one attached hydrogen (secondary N) is 1. The van der Waals surface area contributed by atoms with Crippen molar-refractivity contribution in [1.82, 2.24) is 10.2 Å². The molecule has 0 aromatic heterocycles. The molecule has 1 aromatic rings. The summed E-state index contributed by atoms with van der Waals surface area (Å²) in [6.45, 7) is 10.7. The Morgan fingerprint density at radius 2 is 1.93 bits per heavy atom. The van der Waals surface area contributed by atoms with E-state index in [1.807, 2.05) is 25.7 Å². The lowest BCUT2D eigenvalue weighted by Crippen LogP contribution is -2.45. The molecule has 2 unspecified atom stereocenters. The molecule has 2 atom stereocenters. The molecule has 1 aromatic carbocycles. The number of carbonyl (C=O) groups is 1. The van der Waals surface area contributed by atoms with Gasteiger partial charge in [-0.2, -0.15) is 0 Å². The maximum Gasteiger partial charge on any atom is 0.410 e. The zero-order valence-corrected chi connectivity index (χ0v) is 19.5. The lowest BCUT2D eigenvalue weighted by Gasteiger charge is -2.36. The number of likely N-dealkylation sites (tertiary alicyclic amines) is 1. The molecule has 0 saturated carbocycles. The summed E-state index contributed by atoms with van der Waals surface area (Å²) >= 11 is 0. The number of hydrogen-bond acceptors (Lipinski definition) is 4. The quantitative estimate of drug-likeness (QED) is 0.723. The second-order valence-electron chi connectivity index (χ2n) is 9.97. The number of rotatable bonds is 6. The van der Waals surface area contributed by atoms with E-state index in [2.05, 4.69) is 30.4 Å². The highest BCUT2D eigenvalue weighted by molar-refractivity contribution is 5.68. The van der Waals surface area contributed by atoms with E-state index in [9.17, 15) is 4.79 Å². The highest BCUT2D eigenvalue weighted by atomic mass is 16.6. The Kier molecular flexibility index (Phi) is 7.67. The molecule has 30 heavy (non-hydrogen) atoms. The molecule has 0 radical (unpaired) electrons. The van der Waals surface area contributed by atoms with E-state index in [1.165, 1.54) is 17.5 Å². The van der Waals surface area contributed by atoms with Crippen molar-refractivity contribution in [2.45, 2.75) is 77.9 Å². The summed E-state index contributed by atoms with van der Waals surface area (Å²) in [7, 11) is 1.74. The molecule has 5 heteroatoms. The molecule has 3 rings (SSSR count). The summed E-state index contributed by atoms with van der Waals surface area (Å²) in [6.07, 6.45) is 6.63.